The van der Waals surface area contributed by atoms with Crippen molar-refractivity contribution >= 4 is 135 Å². The molecule has 0 radical (unpaired) electrons. The summed E-state index contributed by atoms with van der Waals surface area (Å²) < 4.78 is 0. The molecule has 330 valence electrons. The van der Waals surface area contributed by atoms with Gasteiger partial charge in [0.25, 0.3) is 13.4 Å². The monoisotopic (exact) mass is 914 g/mol. The minimum atomic E-state index is -0.931. The third-order valence-electron chi connectivity index (χ3n) is 14.6. The van der Waals surface area contributed by atoms with Crippen molar-refractivity contribution in [2.75, 3.05) is 57.1 Å². The SMILES string of the molecule is CS(C)(C)c1ccc(N2c3cc4c(cc3B3c5ccccc5N(c5ccccc5)c5cccc2c53)B2c3ccccc3N(c3ccccc3)c3cccc(c32)N4c2ccc(S(C)(C)C)cc2)cc1. The van der Waals surface area contributed by atoms with Gasteiger partial charge in [-0.05, 0) is 195 Å². The fourth-order valence-electron chi connectivity index (χ4n) is 11.5. The molecule has 0 N–H and O–H groups in total. The van der Waals surface area contributed by atoms with Crippen LogP contribution >= 0.6 is 20.1 Å². The summed E-state index contributed by atoms with van der Waals surface area (Å²) in [4.78, 5) is 12.9. The molecule has 68 heavy (non-hydrogen) atoms. The van der Waals surface area contributed by atoms with E-state index < -0.39 is 20.1 Å². The van der Waals surface area contributed by atoms with Gasteiger partial charge in [-0.15, -0.1) is 0 Å². The fourth-order valence-corrected chi connectivity index (χ4v) is 13.4. The summed E-state index contributed by atoms with van der Waals surface area (Å²) in [5, 5.41) is 0. The average molecular weight is 915 g/mol. The summed E-state index contributed by atoms with van der Waals surface area (Å²) in [6.45, 7) is -0.0167. The largest absolute Gasteiger partial charge is 0.311 e. The van der Waals surface area contributed by atoms with Crippen LogP contribution in [0.25, 0.3) is 0 Å². The van der Waals surface area contributed by atoms with Crippen LogP contribution in [0, 0.1) is 0 Å². The summed E-state index contributed by atoms with van der Waals surface area (Å²) in [5.74, 6) is 0. The minimum absolute atomic E-state index is 0.00834. The van der Waals surface area contributed by atoms with Gasteiger partial charge in [0.15, 0.2) is 0 Å². The van der Waals surface area contributed by atoms with Crippen molar-refractivity contribution < 1.29 is 0 Å². The van der Waals surface area contributed by atoms with Gasteiger partial charge in [0.05, 0.1) is 0 Å². The molecule has 0 saturated carbocycles. The Morgan fingerprint density at radius 2 is 0.574 bits per heavy atom. The van der Waals surface area contributed by atoms with Crippen molar-refractivity contribution in [3.8, 4) is 0 Å². The zero-order chi connectivity index (χ0) is 46.1. The van der Waals surface area contributed by atoms with Crippen LogP contribution < -0.4 is 52.4 Å². The van der Waals surface area contributed by atoms with Crippen molar-refractivity contribution in [1.82, 2.24) is 0 Å². The molecule has 4 aliphatic rings. The Morgan fingerprint density at radius 1 is 0.265 bits per heavy atom. The van der Waals surface area contributed by atoms with E-state index in [0.29, 0.717) is 0 Å². The molecule has 0 bridgehead atoms. The highest BCUT2D eigenvalue weighted by Crippen LogP contribution is 2.51. The van der Waals surface area contributed by atoms with Crippen LogP contribution in [0.4, 0.5) is 68.2 Å². The zero-order valence-corrected chi connectivity index (χ0v) is 41.0. The zero-order valence-electron chi connectivity index (χ0n) is 39.4. The lowest BCUT2D eigenvalue weighted by Crippen LogP contribution is -2.65. The maximum absolute atomic E-state index is 2.63. The number of hydrogen-bond acceptors (Lipinski definition) is 4. The van der Waals surface area contributed by atoms with Crippen molar-refractivity contribution in [2.24, 2.45) is 0 Å². The molecular formula is C60H52B2N4S2. The van der Waals surface area contributed by atoms with E-state index in [0.717, 1.165) is 11.4 Å². The number of fused-ring (bicyclic) bond motifs is 8. The summed E-state index contributed by atoms with van der Waals surface area (Å²) >= 11 is 0. The van der Waals surface area contributed by atoms with Crippen molar-refractivity contribution in [1.29, 1.82) is 0 Å². The first-order chi connectivity index (χ1) is 33.0. The molecule has 0 spiro atoms. The van der Waals surface area contributed by atoms with Crippen LogP contribution in [-0.4, -0.2) is 51.0 Å². The Labute approximate surface area is 405 Å². The maximum Gasteiger partial charge on any atom is 0.252 e. The Morgan fingerprint density at radius 3 is 0.941 bits per heavy atom. The fraction of sp³-hybridized carbons (Fsp3) is 0.100. The second-order valence-corrected chi connectivity index (χ2v) is 28.3. The van der Waals surface area contributed by atoms with Crippen LogP contribution in [0.5, 0.6) is 0 Å². The molecule has 0 amide bonds. The van der Waals surface area contributed by atoms with E-state index in [2.05, 4.69) is 263 Å². The third-order valence-corrected chi connectivity index (χ3v) is 17.9. The third kappa shape index (κ3) is 6.20. The smallest absolute Gasteiger partial charge is 0.252 e. The topological polar surface area (TPSA) is 13.0 Å². The van der Waals surface area contributed by atoms with Gasteiger partial charge in [0, 0.05) is 68.2 Å². The standard InChI is InChI=1S/C60H52B2N4S2/c1-67(2,3)45-35-31-43(32-36-45)65-55-29-17-27-53-59(55)61(47-23-13-15-25-51(47)63(53)41-19-9-7-10-20-41)49-39-50-58(40-57(49)65)66(44-33-37-46(38-34-44)68(4,5)6)56-30-18-28-54-60(56)62(50)48-24-14-16-26-52(48)64(54)42-21-11-8-12-22-42/h7-40H,1-6H3. The van der Waals surface area contributed by atoms with Crippen LogP contribution in [-0.2, 0) is 0 Å². The summed E-state index contributed by atoms with van der Waals surface area (Å²) in [7, 11) is -1.86. The molecule has 0 atom stereocenters. The highest BCUT2D eigenvalue weighted by atomic mass is 32.3. The van der Waals surface area contributed by atoms with E-state index in [1.165, 1.54) is 99.4 Å². The average Bonchev–Trinajstić information content (AvgIpc) is 3.36. The lowest BCUT2D eigenvalue weighted by molar-refractivity contribution is 1.23. The molecule has 9 aromatic rings. The van der Waals surface area contributed by atoms with Gasteiger partial charge < -0.3 is 19.6 Å². The van der Waals surface area contributed by atoms with E-state index in [1.54, 1.807) is 0 Å². The molecule has 0 fully saturated rings. The van der Waals surface area contributed by atoms with Crippen molar-refractivity contribution in [2.45, 2.75) is 9.79 Å². The molecule has 0 saturated heterocycles. The molecule has 13 rings (SSSR count). The lowest BCUT2D eigenvalue weighted by Gasteiger charge is -2.47. The summed E-state index contributed by atoms with van der Waals surface area (Å²) in [5.41, 5.74) is 22.4. The Balaban J connectivity index is 1.13. The van der Waals surface area contributed by atoms with Crippen molar-refractivity contribution in [3.05, 3.63) is 206 Å². The van der Waals surface area contributed by atoms with Gasteiger partial charge in [0.2, 0.25) is 0 Å². The van der Waals surface area contributed by atoms with Crippen LogP contribution in [0.2, 0.25) is 0 Å². The molecule has 4 aliphatic heterocycles. The van der Waals surface area contributed by atoms with Crippen LogP contribution in [0.3, 0.4) is 0 Å². The molecule has 4 nitrogen and oxygen atoms in total. The Hall–Kier alpha value is -6.99. The second kappa shape index (κ2) is 15.3. The first kappa shape index (κ1) is 41.2. The Bertz CT molecular complexity index is 3230. The number of hydrogen-bond donors (Lipinski definition) is 0. The van der Waals surface area contributed by atoms with Gasteiger partial charge in [-0.3, -0.25) is 0 Å². The van der Waals surface area contributed by atoms with Crippen molar-refractivity contribution in [3.63, 3.8) is 0 Å². The molecule has 8 heteroatoms. The van der Waals surface area contributed by atoms with E-state index in [1.807, 2.05) is 0 Å². The Kier molecular flexibility index (Phi) is 9.25. The number of para-hydroxylation sites is 4. The summed E-state index contributed by atoms with van der Waals surface area (Å²) in [6, 6.07) is 78.1. The van der Waals surface area contributed by atoms with E-state index >= 15 is 0 Å². The maximum atomic E-state index is 2.63. The van der Waals surface area contributed by atoms with Gasteiger partial charge in [0.1, 0.15) is 0 Å². The quantitative estimate of drug-likeness (QED) is 0.154. The molecular weight excluding hydrogens is 862 g/mol. The highest BCUT2D eigenvalue weighted by Gasteiger charge is 2.48. The number of nitrogens with zero attached hydrogens (tertiary/aromatic N) is 4. The second-order valence-electron chi connectivity index (χ2n) is 20.0. The normalized spacial score (nSPS) is 14.6. The van der Waals surface area contributed by atoms with E-state index in [4.69, 9.17) is 0 Å². The van der Waals surface area contributed by atoms with E-state index in [-0.39, 0.29) is 13.4 Å². The predicted octanol–water partition coefficient (Wildman–Crippen LogP) is 12.0. The number of benzene rings is 9. The first-order valence-corrected chi connectivity index (χ1v) is 29.3. The van der Waals surface area contributed by atoms with Crippen LogP contribution in [0.15, 0.2) is 216 Å². The molecule has 9 aromatic carbocycles. The van der Waals surface area contributed by atoms with Crippen LogP contribution in [0.1, 0.15) is 0 Å². The predicted molar refractivity (Wildman–Crippen MR) is 302 cm³/mol. The molecule has 4 heterocycles. The first-order valence-electron chi connectivity index (χ1n) is 23.5. The molecule has 0 unspecified atom stereocenters. The highest BCUT2D eigenvalue weighted by molar-refractivity contribution is 8.32. The molecule has 0 aliphatic carbocycles. The minimum Gasteiger partial charge on any atom is -0.311 e. The van der Waals surface area contributed by atoms with Gasteiger partial charge in [-0.1, -0.05) is 91.0 Å². The van der Waals surface area contributed by atoms with Gasteiger partial charge >= 0.3 is 0 Å². The summed E-state index contributed by atoms with van der Waals surface area (Å²) in [6.07, 6.45) is 14.3. The lowest BCUT2D eigenvalue weighted by atomic mass is 9.30. The van der Waals surface area contributed by atoms with Gasteiger partial charge in [-0.2, -0.15) is 0 Å². The van der Waals surface area contributed by atoms with E-state index in [9.17, 15) is 0 Å². The number of rotatable bonds is 6. The van der Waals surface area contributed by atoms with Gasteiger partial charge in [-0.25, -0.2) is 20.1 Å². The number of anilines is 12. The molecule has 0 aromatic heterocycles.